The largest absolute Gasteiger partial charge is 0.497 e. The molecule has 0 aliphatic heterocycles. The van der Waals surface area contributed by atoms with E-state index < -0.39 is 0 Å². The Morgan fingerprint density at radius 1 is 1.14 bits per heavy atom. The molecule has 156 valence electrons. The van der Waals surface area contributed by atoms with Gasteiger partial charge in [-0.05, 0) is 44.0 Å². The number of hydrogen-bond donors (Lipinski definition) is 2. The van der Waals surface area contributed by atoms with Crippen LogP contribution in [0.4, 0.5) is 0 Å². The molecule has 1 atom stereocenters. The molecular formula is C20H31IN4O2S. The molecule has 0 radical (unpaired) electrons. The van der Waals surface area contributed by atoms with Crippen molar-refractivity contribution in [1.29, 1.82) is 0 Å². The highest BCUT2D eigenvalue weighted by Crippen LogP contribution is 2.19. The Hall–Kier alpha value is -1.55. The minimum absolute atomic E-state index is 0. The van der Waals surface area contributed by atoms with Crippen LogP contribution in [0.1, 0.15) is 44.3 Å². The van der Waals surface area contributed by atoms with Gasteiger partial charge in [-0.2, -0.15) is 0 Å². The van der Waals surface area contributed by atoms with Gasteiger partial charge in [0.2, 0.25) is 0 Å². The summed E-state index contributed by atoms with van der Waals surface area (Å²) >= 11 is 1.66. The number of methoxy groups -OCH3 is 1. The molecule has 0 aliphatic rings. The van der Waals surface area contributed by atoms with Crippen molar-refractivity contribution >= 4 is 41.3 Å². The average Bonchev–Trinajstić information content (AvgIpc) is 3.14. The first kappa shape index (κ1) is 24.5. The third kappa shape index (κ3) is 8.22. The normalized spacial score (nSPS) is 12.3. The summed E-state index contributed by atoms with van der Waals surface area (Å²) in [6.45, 7) is 10.4. The molecule has 8 heteroatoms. The Kier molecular flexibility index (Phi) is 11.2. The van der Waals surface area contributed by atoms with Crippen molar-refractivity contribution in [3.05, 3.63) is 40.3 Å². The molecule has 0 saturated heterocycles. The van der Waals surface area contributed by atoms with Crippen molar-refractivity contribution in [3.8, 4) is 11.5 Å². The zero-order valence-electron chi connectivity index (χ0n) is 17.2. The van der Waals surface area contributed by atoms with Crippen LogP contribution in [-0.4, -0.2) is 37.2 Å². The van der Waals surface area contributed by atoms with Crippen LogP contribution >= 0.6 is 35.3 Å². The van der Waals surface area contributed by atoms with E-state index in [2.05, 4.69) is 46.8 Å². The first-order valence-electron chi connectivity index (χ1n) is 9.29. The first-order valence-corrected chi connectivity index (χ1v) is 10.2. The molecule has 6 nitrogen and oxygen atoms in total. The van der Waals surface area contributed by atoms with E-state index in [0.717, 1.165) is 34.7 Å². The summed E-state index contributed by atoms with van der Waals surface area (Å²) in [5.41, 5.74) is 1.13. The van der Waals surface area contributed by atoms with Gasteiger partial charge in [0.25, 0.3) is 0 Å². The zero-order chi connectivity index (χ0) is 19.6. The Labute approximate surface area is 189 Å². The van der Waals surface area contributed by atoms with Gasteiger partial charge < -0.3 is 20.1 Å². The monoisotopic (exact) mass is 518 g/mol. The minimum Gasteiger partial charge on any atom is -0.497 e. The molecule has 1 aromatic heterocycles. The minimum atomic E-state index is -0.00495. The Morgan fingerprint density at radius 3 is 2.39 bits per heavy atom. The van der Waals surface area contributed by atoms with E-state index >= 15 is 0 Å². The number of nitrogens with one attached hydrogen (secondary N) is 2. The number of rotatable bonds is 9. The summed E-state index contributed by atoms with van der Waals surface area (Å²) in [6, 6.07) is 7.59. The maximum Gasteiger partial charge on any atom is 0.191 e. The van der Waals surface area contributed by atoms with Crippen molar-refractivity contribution in [2.45, 2.75) is 46.3 Å². The van der Waals surface area contributed by atoms with Crippen LogP contribution in [0.5, 0.6) is 11.5 Å². The second-order valence-electron chi connectivity index (χ2n) is 6.50. The van der Waals surface area contributed by atoms with Crippen molar-refractivity contribution in [1.82, 2.24) is 15.6 Å². The highest BCUT2D eigenvalue weighted by Gasteiger charge is 2.08. The van der Waals surface area contributed by atoms with Crippen LogP contribution in [0.15, 0.2) is 34.6 Å². The van der Waals surface area contributed by atoms with Gasteiger partial charge in [-0.25, -0.2) is 9.98 Å². The number of thiazole rings is 1. The predicted molar refractivity (Wildman–Crippen MR) is 128 cm³/mol. The molecule has 0 bridgehead atoms. The predicted octanol–water partition coefficient (Wildman–Crippen LogP) is 4.42. The van der Waals surface area contributed by atoms with Gasteiger partial charge in [0, 0.05) is 11.9 Å². The van der Waals surface area contributed by atoms with Crippen LogP contribution in [0.3, 0.4) is 0 Å². The van der Waals surface area contributed by atoms with Gasteiger partial charge in [-0.15, -0.1) is 35.3 Å². The third-order valence-electron chi connectivity index (χ3n) is 3.83. The fraction of sp³-hybridized carbons (Fsp3) is 0.500. The van der Waals surface area contributed by atoms with Gasteiger partial charge in [-0.3, -0.25) is 0 Å². The number of guanidine groups is 1. The summed E-state index contributed by atoms with van der Waals surface area (Å²) in [5.74, 6) is 2.85. The molecule has 0 aliphatic carbocycles. The first-order chi connectivity index (χ1) is 13.0. The fourth-order valence-electron chi connectivity index (χ4n) is 2.32. The Balaban J connectivity index is 0.00000392. The lowest BCUT2D eigenvalue weighted by atomic mass is 10.2. The summed E-state index contributed by atoms with van der Waals surface area (Å²) in [5, 5.41) is 9.73. The van der Waals surface area contributed by atoms with E-state index in [0.29, 0.717) is 19.0 Å². The van der Waals surface area contributed by atoms with E-state index in [1.54, 1.807) is 18.4 Å². The smallest absolute Gasteiger partial charge is 0.191 e. The summed E-state index contributed by atoms with van der Waals surface area (Å²) in [6.07, 6.45) is -0.00495. The molecule has 0 fully saturated rings. The lowest BCUT2D eigenvalue weighted by molar-refractivity contribution is 0.223. The summed E-state index contributed by atoms with van der Waals surface area (Å²) in [7, 11) is 1.65. The Morgan fingerprint density at radius 2 is 1.82 bits per heavy atom. The molecule has 2 rings (SSSR count). The third-order valence-corrected chi connectivity index (χ3v) is 4.68. The standard InChI is InChI=1S/C20H30N4O2S.HI/c1-6-21-20(23-12-19-24-18(13-27-19)14(2)3)22-11-15(4)26-17-9-7-16(25-5)8-10-17;/h7-10,13-15H,6,11-12H2,1-5H3,(H2,21,22,23);1H. The number of nitrogens with zero attached hydrogens (tertiary/aromatic N) is 2. The molecule has 28 heavy (non-hydrogen) atoms. The van der Waals surface area contributed by atoms with E-state index in [4.69, 9.17) is 9.47 Å². The average molecular weight is 518 g/mol. The highest BCUT2D eigenvalue weighted by molar-refractivity contribution is 14.0. The van der Waals surface area contributed by atoms with Crippen molar-refractivity contribution in [2.75, 3.05) is 20.2 Å². The topological polar surface area (TPSA) is 67.8 Å². The molecule has 1 aromatic carbocycles. The molecule has 0 amide bonds. The molecule has 1 unspecified atom stereocenters. The van der Waals surface area contributed by atoms with Crippen molar-refractivity contribution < 1.29 is 9.47 Å². The molecule has 2 aromatic rings. The van der Waals surface area contributed by atoms with E-state index in [1.807, 2.05) is 31.2 Å². The summed E-state index contributed by atoms with van der Waals surface area (Å²) in [4.78, 5) is 9.26. The number of aliphatic imine (C=N–C) groups is 1. The van der Waals surface area contributed by atoms with Crippen LogP contribution in [0.25, 0.3) is 0 Å². The highest BCUT2D eigenvalue weighted by atomic mass is 127. The SMILES string of the molecule is CCNC(=NCc1nc(C(C)C)cs1)NCC(C)Oc1ccc(OC)cc1.I. The number of benzene rings is 1. The number of hydrogen-bond acceptors (Lipinski definition) is 5. The van der Waals surface area contributed by atoms with Gasteiger partial charge in [-0.1, -0.05) is 13.8 Å². The molecule has 0 saturated carbocycles. The summed E-state index contributed by atoms with van der Waals surface area (Å²) < 4.78 is 11.1. The molecule has 2 N–H and O–H groups in total. The van der Waals surface area contributed by atoms with Gasteiger partial charge in [0.05, 0.1) is 25.9 Å². The van der Waals surface area contributed by atoms with E-state index in [1.165, 1.54) is 0 Å². The maximum atomic E-state index is 5.92. The molecule has 1 heterocycles. The van der Waals surface area contributed by atoms with Crippen LogP contribution in [0.2, 0.25) is 0 Å². The number of aromatic nitrogens is 1. The quantitative estimate of drug-likeness (QED) is 0.293. The van der Waals surface area contributed by atoms with Crippen LogP contribution in [-0.2, 0) is 6.54 Å². The van der Waals surface area contributed by atoms with Crippen LogP contribution < -0.4 is 20.1 Å². The van der Waals surface area contributed by atoms with E-state index in [9.17, 15) is 0 Å². The van der Waals surface area contributed by atoms with Gasteiger partial charge >= 0.3 is 0 Å². The zero-order valence-corrected chi connectivity index (χ0v) is 20.3. The number of halogens is 1. The van der Waals surface area contributed by atoms with Crippen molar-refractivity contribution in [3.63, 3.8) is 0 Å². The number of ether oxygens (including phenoxy) is 2. The molecule has 0 spiro atoms. The van der Waals surface area contributed by atoms with E-state index in [-0.39, 0.29) is 30.1 Å². The lowest BCUT2D eigenvalue weighted by Gasteiger charge is -2.17. The lowest BCUT2D eigenvalue weighted by Crippen LogP contribution is -2.41. The van der Waals surface area contributed by atoms with Crippen molar-refractivity contribution in [2.24, 2.45) is 4.99 Å². The van der Waals surface area contributed by atoms with Gasteiger partial charge in [0.15, 0.2) is 5.96 Å². The van der Waals surface area contributed by atoms with Gasteiger partial charge in [0.1, 0.15) is 22.6 Å². The Bertz CT molecular complexity index is 719. The molecular weight excluding hydrogens is 487 g/mol. The van der Waals surface area contributed by atoms with Crippen LogP contribution in [0, 0.1) is 0 Å². The second-order valence-corrected chi connectivity index (χ2v) is 7.44. The maximum absolute atomic E-state index is 5.92. The second kappa shape index (κ2) is 12.8. The fourth-order valence-corrected chi connectivity index (χ4v) is 3.20.